The van der Waals surface area contributed by atoms with E-state index in [2.05, 4.69) is 4.74 Å². The molecule has 1 aliphatic rings. The molecule has 0 aliphatic carbocycles. The van der Waals surface area contributed by atoms with Gasteiger partial charge in [0.05, 0.1) is 6.42 Å². The highest BCUT2D eigenvalue weighted by atomic mass is 19.5. The Kier molecular flexibility index (Phi) is 6.15. The molecule has 1 saturated heterocycles. The summed E-state index contributed by atoms with van der Waals surface area (Å²) in [5.41, 5.74) is -2.68. The normalized spacial score (nSPS) is 32.2. The molecule has 1 rings (SSSR count). The number of rotatable bonds is 2. The van der Waals surface area contributed by atoms with E-state index in [1.54, 1.807) is 0 Å². The highest BCUT2D eigenvalue weighted by Gasteiger charge is 2.66. The summed E-state index contributed by atoms with van der Waals surface area (Å²) in [5.74, 6) is -8.16. The molecule has 0 saturated carbocycles. The monoisotopic (exact) mass is 354 g/mol. The summed E-state index contributed by atoms with van der Waals surface area (Å²) in [6, 6.07) is 0. The van der Waals surface area contributed by atoms with Crippen LogP contribution in [-0.2, 0) is 9.68 Å². The average Bonchev–Trinajstić information content (AvgIpc) is 2.24. The van der Waals surface area contributed by atoms with Crippen molar-refractivity contribution in [2.24, 2.45) is 0 Å². The van der Waals surface area contributed by atoms with E-state index >= 15 is 0 Å². The van der Waals surface area contributed by atoms with Gasteiger partial charge in [-0.25, -0.2) is 17.6 Å². The summed E-state index contributed by atoms with van der Waals surface area (Å²) in [4.78, 5) is 1.44. The Bertz CT molecular complexity index is 366. The molecule has 0 spiro atoms. The van der Waals surface area contributed by atoms with E-state index in [4.69, 9.17) is 0 Å². The van der Waals surface area contributed by atoms with Crippen molar-refractivity contribution in [3.05, 3.63) is 0 Å². The molecule has 0 aromatic rings. The molecule has 1 aliphatic heterocycles. The van der Waals surface area contributed by atoms with E-state index in [9.17, 15) is 44.0 Å². The number of hydrogen-bond donors (Lipinski definition) is 0. The van der Waals surface area contributed by atoms with Gasteiger partial charge in [0, 0.05) is 13.3 Å². The first kappa shape index (κ1) is 21.2. The molecule has 0 bridgehead atoms. The Labute approximate surface area is 118 Å². The summed E-state index contributed by atoms with van der Waals surface area (Å²) >= 11 is 0. The Morgan fingerprint density at radius 2 is 1.41 bits per heavy atom. The van der Waals surface area contributed by atoms with Crippen LogP contribution >= 0.6 is 0 Å². The molecule has 22 heavy (non-hydrogen) atoms. The van der Waals surface area contributed by atoms with Gasteiger partial charge in [-0.3, -0.25) is 4.74 Å². The third-order valence-electron chi connectivity index (χ3n) is 2.75. The average molecular weight is 354 g/mol. The molecule has 0 amide bonds. The first-order valence-corrected chi connectivity index (χ1v) is 5.69. The van der Waals surface area contributed by atoms with Gasteiger partial charge in [-0.15, -0.1) is 13.2 Å². The summed E-state index contributed by atoms with van der Waals surface area (Å²) in [7, 11) is 0. The van der Waals surface area contributed by atoms with Crippen LogP contribution in [0.15, 0.2) is 0 Å². The fraction of sp³-hybridized carbons (Fsp3) is 1.00. The first-order chi connectivity index (χ1) is 9.49. The van der Waals surface area contributed by atoms with Gasteiger partial charge in [-0.2, -0.15) is 8.78 Å². The molecule has 12 heteroatoms. The van der Waals surface area contributed by atoms with E-state index in [1.807, 2.05) is 0 Å². The highest BCUT2D eigenvalue weighted by Crippen LogP contribution is 2.52. The van der Waals surface area contributed by atoms with Gasteiger partial charge in [0.25, 0.3) is 5.85 Å². The number of halogens is 10. The van der Waals surface area contributed by atoms with Crippen LogP contribution in [0.2, 0.25) is 0 Å². The van der Waals surface area contributed by atoms with Crippen LogP contribution < -0.4 is 0 Å². The lowest BCUT2D eigenvalue weighted by molar-refractivity contribution is -0.418. The Hall–Kier alpha value is -0.780. The first-order valence-electron chi connectivity index (χ1n) is 5.69. The molecule has 2 atom stereocenters. The lowest BCUT2D eigenvalue weighted by Gasteiger charge is -2.44. The molecule has 0 radical (unpaired) electrons. The van der Waals surface area contributed by atoms with Crippen LogP contribution in [-0.4, -0.2) is 29.9 Å². The van der Waals surface area contributed by atoms with Crippen LogP contribution in [0.25, 0.3) is 0 Å². The third kappa shape index (κ3) is 6.15. The van der Waals surface area contributed by atoms with Crippen LogP contribution in [0.3, 0.4) is 0 Å². The molecule has 134 valence electrons. The zero-order valence-electron chi connectivity index (χ0n) is 11.2. The second kappa shape index (κ2) is 6.38. The minimum Gasteiger partial charge on any atom is -0.277 e. The third-order valence-corrected chi connectivity index (χ3v) is 2.75. The maximum atomic E-state index is 13.7. The van der Waals surface area contributed by atoms with Gasteiger partial charge in [0.15, 0.2) is 0 Å². The van der Waals surface area contributed by atoms with Crippen molar-refractivity contribution in [3.8, 4) is 0 Å². The maximum absolute atomic E-state index is 13.7. The lowest BCUT2D eigenvalue weighted by Crippen LogP contribution is -2.58. The predicted molar refractivity (Wildman–Crippen MR) is 52.1 cm³/mol. The quantitative estimate of drug-likeness (QED) is 0.632. The van der Waals surface area contributed by atoms with Gasteiger partial charge < -0.3 is 0 Å². The van der Waals surface area contributed by atoms with E-state index in [-0.39, 0.29) is 6.92 Å². The van der Waals surface area contributed by atoms with Crippen molar-refractivity contribution in [1.29, 1.82) is 0 Å². The molecule has 0 aromatic heterocycles. The standard InChI is InChI=1S/C9H12F6O.CF4O/c1-3-7(12)4-8(13,6(2,10)11)16-9(14,15)5-7;2-1(3,4)6-5/h3-5H2,1-2H3;. The number of alkyl halides is 9. The van der Waals surface area contributed by atoms with Crippen molar-refractivity contribution in [2.75, 3.05) is 0 Å². The fourth-order valence-corrected chi connectivity index (χ4v) is 1.64. The number of hydrogen-bond acceptors (Lipinski definition) is 2. The Morgan fingerprint density at radius 3 is 1.68 bits per heavy atom. The summed E-state index contributed by atoms with van der Waals surface area (Å²) < 4.78 is 123. The highest BCUT2D eigenvalue weighted by molar-refractivity contribution is 4.98. The van der Waals surface area contributed by atoms with E-state index in [0.717, 1.165) is 0 Å². The second-order valence-electron chi connectivity index (χ2n) is 4.74. The molecule has 1 heterocycles. The van der Waals surface area contributed by atoms with Gasteiger partial charge in [0.2, 0.25) is 0 Å². The smallest absolute Gasteiger partial charge is 0.277 e. The molecular formula is C10H12F10O2. The maximum Gasteiger partial charge on any atom is 0.553 e. The molecule has 2 nitrogen and oxygen atoms in total. The minimum atomic E-state index is -5.12. The summed E-state index contributed by atoms with van der Waals surface area (Å²) in [6.07, 6.45) is -12.6. The van der Waals surface area contributed by atoms with Crippen LogP contribution in [0.1, 0.15) is 33.1 Å². The van der Waals surface area contributed by atoms with Gasteiger partial charge >= 0.3 is 18.4 Å². The minimum absolute atomic E-state index is 0.0878. The van der Waals surface area contributed by atoms with E-state index < -0.39 is 49.2 Å². The molecule has 0 N–H and O–H groups in total. The van der Waals surface area contributed by atoms with Crippen LogP contribution in [0, 0.1) is 0 Å². The molecule has 0 aromatic carbocycles. The van der Waals surface area contributed by atoms with Crippen molar-refractivity contribution in [3.63, 3.8) is 0 Å². The van der Waals surface area contributed by atoms with E-state index in [0.29, 0.717) is 0 Å². The topological polar surface area (TPSA) is 18.5 Å². The molecule has 2 unspecified atom stereocenters. The SMILES string of the molecule is CCC1(F)CC(F)(F)OC(F)(C(C)(F)F)C1.FOC(F)(F)F. The summed E-state index contributed by atoms with van der Waals surface area (Å²) in [6.45, 7) is 1.28. The lowest BCUT2D eigenvalue weighted by atomic mass is 9.85. The molecule has 1 fully saturated rings. The largest absolute Gasteiger partial charge is 0.553 e. The Morgan fingerprint density at radius 1 is 1.00 bits per heavy atom. The summed E-state index contributed by atoms with van der Waals surface area (Å²) in [5, 5.41) is 0. The second-order valence-corrected chi connectivity index (χ2v) is 4.74. The molecular weight excluding hydrogens is 342 g/mol. The van der Waals surface area contributed by atoms with E-state index in [1.165, 1.54) is 11.9 Å². The zero-order chi connectivity index (χ0) is 18.0. The van der Waals surface area contributed by atoms with Gasteiger partial charge in [0.1, 0.15) is 5.67 Å². The fourth-order valence-electron chi connectivity index (χ4n) is 1.64. The van der Waals surface area contributed by atoms with Gasteiger partial charge in [-0.1, -0.05) is 11.9 Å². The van der Waals surface area contributed by atoms with Crippen molar-refractivity contribution >= 4 is 0 Å². The zero-order valence-corrected chi connectivity index (χ0v) is 11.2. The van der Waals surface area contributed by atoms with Gasteiger partial charge in [-0.05, 0) is 10.9 Å². The van der Waals surface area contributed by atoms with Crippen molar-refractivity contribution in [2.45, 2.75) is 63.0 Å². The Balaban J connectivity index is 0.000000626. The van der Waals surface area contributed by atoms with Crippen molar-refractivity contribution in [1.82, 2.24) is 0 Å². The van der Waals surface area contributed by atoms with Crippen LogP contribution in [0.4, 0.5) is 44.0 Å². The predicted octanol–water partition coefficient (Wildman–Crippen LogP) is 5.24. The van der Waals surface area contributed by atoms with Crippen LogP contribution in [0.5, 0.6) is 0 Å². The van der Waals surface area contributed by atoms with Crippen molar-refractivity contribution < 1.29 is 53.7 Å². The number of ether oxygens (including phenoxy) is 1.